The standard InChI is InChI=1S/C22H20N2O2S/c1-15(17-11-10-16-6-2-3-7-18(16)12-17)23-21(25)13-24-19-8-4-5-9-20(19)27-14-22(24)26/h2-12,15H,13-14H2,1H3,(H,23,25). The molecule has 136 valence electrons. The lowest BCUT2D eigenvalue weighted by Crippen LogP contribution is -2.43. The lowest BCUT2D eigenvalue weighted by molar-refractivity contribution is -0.123. The molecule has 4 nitrogen and oxygen atoms in total. The van der Waals surface area contributed by atoms with Crippen molar-refractivity contribution in [3.8, 4) is 0 Å². The van der Waals surface area contributed by atoms with Gasteiger partial charge in [-0.3, -0.25) is 9.59 Å². The summed E-state index contributed by atoms with van der Waals surface area (Å²) < 4.78 is 0. The molecular weight excluding hydrogens is 356 g/mol. The van der Waals surface area contributed by atoms with Gasteiger partial charge in [0.2, 0.25) is 11.8 Å². The first-order valence-electron chi connectivity index (χ1n) is 8.92. The molecule has 5 heteroatoms. The Labute approximate surface area is 162 Å². The van der Waals surface area contributed by atoms with Crippen LogP contribution in [0.5, 0.6) is 0 Å². The van der Waals surface area contributed by atoms with Crippen molar-refractivity contribution in [3.05, 3.63) is 72.3 Å². The summed E-state index contributed by atoms with van der Waals surface area (Å²) in [5, 5.41) is 5.34. The van der Waals surface area contributed by atoms with Gasteiger partial charge >= 0.3 is 0 Å². The summed E-state index contributed by atoms with van der Waals surface area (Å²) in [5.74, 6) is 0.169. The van der Waals surface area contributed by atoms with Crippen LogP contribution in [0.4, 0.5) is 5.69 Å². The average Bonchev–Trinajstić information content (AvgIpc) is 2.69. The Morgan fingerprint density at radius 3 is 2.67 bits per heavy atom. The third kappa shape index (κ3) is 3.69. The van der Waals surface area contributed by atoms with Crippen LogP contribution in [0.25, 0.3) is 10.8 Å². The smallest absolute Gasteiger partial charge is 0.240 e. The van der Waals surface area contributed by atoms with Gasteiger partial charge in [-0.1, -0.05) is 48.5 Å². The fourth-order valence-electron chi connectivity index (χ4n) is 3.32. The number of benzene rings is 3. The fourth-order valence-corrected chi connectivity index (χ4v) is 4.25. The van der Waals surface area contributed by atoms with Crippen molar-refractivity contribution in [2.75, 3.05) is 17.2 Å². The molecule has 1 unspecified atom stereocenters. The quantitative estimate of drug-likeness (QED) is 0.744. The molecular formula is C22H20N2O2S. The van der Waals surface area contributed by atoms with Crippen LogP contribution < -0.4 is 10.2 Å². The van der Waals surface area contributed by atoms with Gasteiger partial charge in [0.25, 0.3) is 0 Å². The molecule has 3 aromatic rings. The number of carbonyl (C=O) groups excluding carboxylic acids is 2. The van der Waals surface area contributed by atoms with Crippen LogP contribution >= 0.6 is 11.8 Å². The van der Waals surface area contributed by atoms with E-state index in [1.54, 1.807) is 4.90 Å². The van der Waals surface area contributed by atoms with Crippen molar-refractivity contribution in [1.29, 1.82) is 0 Å². The zero-order chi connectivity index (χ0) is 18.8. The van der Waals surface area contributed by atoms with Gasteiger partial charge in [0.15, 0.2) is 0 Å². The zero-order valence-electron chi connectivity index (χ0n) is 15.0. The number of thioether (sulfide) groups is 1. The lowest BCUT2D eigenvalue weighted by Gasteiger charge is -2.28. The average molecular weight is 376 g/mol. The minimum atomic E-state index is -0.161. The number of fused-ring (bicyclic) bond motifs is 2. The molecule has 0 saturated carbocycles. The summed E-state index contributed by atoms with van der Waals surface area (Å²) in [6, 6.07) is 21.9. The number of rotatable bonds is 4. The van der Waals surface area contributed by atoms with E-state index >= 15 is 0 Å². The van der Waals surface area contributed by atoms with E-state index in [9.17, 15) is 9.59 Å². The van der Waals surface area contributed by atoms with Crippen LogP contribution in [-0.2, 0) is 9.59 Å². The van der Waals surface area contributed by atoms with Crippen LogP contribution in [0, 0.1) is 0 Å². The van der Waals surface area contributed by atoms with Gasteiger partial charge in [0, 0.05) is 4.90 Å². The highest BCUT2D eigenvalue weighted by molar-refractivity contribution is 8.00. The third-order valence-electron chi connectivity index (χ3n) is 4.76. The highest BCUT2D eigenvalue weighted by Gasteiger charge is 2.26. The minimum absolute atomic E-state index is 0.0350. The normalized spacial score (nSPS) is 14.7. The molecule has 1 heterocycles. The maximum atomic E-state index is 12.6. The van der Waals surface area contributed by atoms with Crippen molar-refractivity contribution >= 4 is 40.0 Å². The number of nitrogens with zero attached hydrogens (tertiary/aromatic N) is 1. The van der Waals surface area contributed by atoms with Crippen LogP contribution in [0.3, 0.4) is 0 Å². The summed E-state index contributed by atoms with van der Waals surface area (Å²) in [4.78, 5) is 27.5. The Bertz CT molecular complexity index is 1020. The molecule has 27 heavy (non-hydrogen) atoms. The second-order valence-corrected chi connectivity index (χ2v) is 7.65. The summed E-state index contributed by atoms with van der Waals surface area (Å²) in [5.41, 5.74) is 1.86. The molecule has 1 N–H and O–H groups in total. The van der Waals surface area contributed by atoms with Gasteiger partial charge in [-0.15, -0.1) is 11.8 Å². The molecule has 0 spiro atoms. The number of anilines is 1. The predicted octanol–water partition coefficient (Wildman–Crippen LogP) is 4.16. The molecule has 0 saturated heterocycles. The Hall–Kier alpha value is -2.79. The highest BCUT2D eigenvalue weighted by Crippen LogP contribution is 2.34. The van der Waals surface area contributed by atoms with Crippen molar-refractivity contribution in [1.82, 2.24) is 5.32 Å². The van der Waals surface area contributed by atoms with Gasteiger partial charge in [0.05, 0.1) is 17.5 Å². The van der Waals surface area contributed by atoms with Gasteiger partial charge < -0.3 is 10.2 Å². The molecule has 1 atom stereocenters. The molecule has 0 aliphatic carbocycles. The van der Waals surface area contributed by atoms with E-state index in [0.717, 1.165) is 21.5 Å². The van der Waals surface area contributed by atoms with E-state index in [2.05, 4.69) is 29.6 Å². The molecule has 0 bridgehead atoms. The van der Waals surface area contributed by atoms with E-state index in [0.29, 0.717) is 5.75 Å². The van der Waals surface area contributed by atoms with E-state index in [-0.39, 0.29) is 24.4 Å². The summed E-state index contributed by atoms with van der Waals surface area (Å²) in [7, 11) is 0. The van der Waals surface area contributed by atoms with E-state index in [4.69, 9.17) is 0 Å². The second-order valence-electron chi connectivity index (χ2n) is 6.63. The number of hydrogen-bond donors (Lipinski definition) is 1. The zero-order valence-corrected chi connectivity index (χ0v) is 15.8. The molecule has 0 fully saturated rings. The van der Waals surface area contributed by atoms with Crippen LogP contribution in [0.1, 0.15) is 18.5 Å². The lowest BCUT2D eigenvalue weighted by atomic mass is 10.0. The summed E-state index contributed by atoms with van der Waals surface area (Å²) in [6.45, 7) is 2.00. The van der Waals surface area contributed by atoms with Crippen molar-refractivity contribution in [2.45, 2.75) is 17.9 Å². The highest BCUT2D eigenvalue weighted by atomic mass is 32.2. The summed E-state index contributed by atoms with van der Waals surface area (Å²) >= 11 is 1.52. The molecule has 1 aliphatic heterocycles. The Kier molecular flexibility index (Phi) is 4.86. The van der Waals surface area contributed by atoms with Crippen molar-refractivity contribution in [3.63, 3.8) is 0 Å². The Morgan fingerprint density at radius 2 is 1.81 bits per heavy atom. The Balaban J connectivity index is 1.48. The first-order chi connectivity index (χ1) is 13.1. The third-order valence-corrected chi connectivity index (χ3v) is 5.81. The van der Waals surface area contributed by atoms with Gasteiger partial charge in [-0.25, -0.2) is 0 Å². The van der Waals surface area contributed by atoms with Gasteiger partial charge in [-0.2, -0.15) is 0 Å². The number of para-hydroxylation sites is 1. The predicted molar refractivity (Wildman–Crippen MR) is 110 cm³/mol. The van der Waals surface area contributed by atoms with E-state index in [1.165, 1.54) is 17.1 Å². The molecule has 0 radical (unpaired) electrons. The number of amides is 2. The van der Waals surface area contributed by atoms with Crippen LogP contribution in [0.2, 0.25) is 0 Å². The monoisotopic (exact) mass is 376 g/mol. The van der Waals surface area contributed by atoms with Gasteiger partial charge in [0.1, 0.15) is 6.54 Å². The first-order valence-corrected chi connectivity index (χ1v) is 9.90. The largest absolute Gasteiger partial charge is 0.348 e. The number of hydrogen-bond acceptors (Lipinski definition) is 3. The van der Waals surface area contributed by atoms with Gasteiger partial charge in [-0.05, 0) is 41.5 Å². The minimum Gasteiger partial charge on any atom is -0.348 e. The van der Waals surface area contributed by atoms with E-state index in [1.807, 2.05) is 49.4 Å². The second kappa shape index (κ2) is 7.45. The molecule has 1 aliphatic rings. The molecule has 2 amide bonds. The number of nitrogens with one attached hydrogen (secondary N) is 1. The summed E-state index contributed by atoms with van der Waals surface area (Å²) in [6.07, 6.45) is 0. The SMILES string of the molecule is CC(NC(=O)CN1C(=O)CSc2ccccc21)c1ccc2ccccc2c1. The van der Waals surface area contributed by atoms with Crippen molar-refractivity contribution in [2.24, 2.45) is 0 Å². The van der Waals surface area contributed by atoms with Crippen LogP contribution in [-0.4, -0.2) is 24.1 Å². The Morgan fingerprint density at radius 1 is 1.07 bits per heavy atom. The van der Waals surface area contributed by atoms with E-state index < -0.39 is 0 Å². The molecule has 0 aromatic heterocycles. The van der Waals surface area contributed by atoms with Crippen molar-refractivity contribution < 1.29 is 9.59 Å². The maximum Gasteiger partial charge on any atom is 0.240 e. The maximum absolute atomic E-state index is 12.6. The fraction of sp³-hybridized carbons (Fsp3) is 0.182. The molecule has 3 aromatic carbocycles. The first kappa shape index (κ1) is 17.6. The number of carbonyl (C=O) groups is 2. The topological polar surface area (TPSA) is 49.4 Å². The molecule has 4 rings (SSSR count). The van der Waals surface area contributed by atoms with Crippen LogP contribution in [0.15, 0.2) is 71.6 Å².